The normalized spacial score (nSPS) is 27.7. The summed E-state index contributed by atoms with van der Waals surface area (Å²) in [7, 11) is -2.96. The second kappa shape index (κ2) is 5.79. The zero-order valence-electron chi connectivity index (χ0n) is 11.6. The maximum absolute atomic E-state index is 11.9. The third-order valence-electron chi connectivity index (χ3n) is 4.13. The lowest BCUT2D eigenvalue weighted by molar-refractivity contribution is -0.121. The summed E-state index contributed by atoms with van der Waals surface area (Å²) in [5.74, 6) is 0.239. The van der Waals surface area contributed by atoms with Crippen LogP contribution in [0.5, 0.6) is 0 Å². The Kier molecular flexibility index (Phi) is 4.50. The predicted octanol–water partition coefficient (Wildman–Crippen LogP) is 0.460. The van der Waals surface area contributed by atoms with E-state index in [4.69, 9.17) is 0 Å². The summed E-state index contributed by atoms with van der Waals surface area (Å²) in [5, 5.41) is 6.07. The van der Waals surface area contributed by atoms with Gasteiger partial charge in [-0.25, -0.2) is 8.42 Å². The zero-order chi connectivity index (χ0) is 13.9. The van der Waals surface area contributed by atoms with Gasteiger partial charge < -0.3 is 10.6 Å². The summed E-state index contributed by atoms with van der Waals surface area (Å²) in [6.07, 6.45) is 5.00. The van der Waals surface area contributed by atoms with E-state index in [2.05, 4.69) is 17.6 Å². The zero-order valence-corrected chi connectivity index (χ0v) is 12.4. The topological polar surface area (TPSA) is 75.3 Å². The Labute approximate surface area is 115 Å². The molecule has 1 unspecified atom stereocenters. The third-order valence-corrected chi connectivity index (χ3v) is 5.87. The molecule has 0 spiro atoms. The molecule has 0 aromatic carbocycles. The van der Waals surface area contributed by atoms with E-state index in [0.717, 1.165) is 13.0 Å². The van der Waals surface area contributed by atoms with Gasteiger partial charge in [0, 0.05) is 25.6 Å². The second-order valence-corrected chi connectivity index (χ2v) is 8.22. The van der Waals surface area contributed by atoms with Crippen molar-refractivity contribution in [3.8, 4) is 0 Å². The Bertz CT molecular complexity index is 429. The van der Waals surface area contributed by atoms with Crippen LogP contribution >= 0.6 is 0 Å². The summed E-state index contributed by atoms with van der Waals surface area (Å²) in [6.45, 7) is 3.37. The molecule has 2 N–H and O–H groups in total. The van der Waals surface area contributed by atoms with Gasteiger partial charge in [0.05, 0.1) is 11.5 Å². The largest absolute Gasteiger partial charge is 0.355 e. The van der Waals surface area contributed by atoms with E-state index < -0.39 is 9.84 Å². The van der Waals surface area contributed by atoms with Crippen LogP contribution in [0.15, 0.2) is 0 Å². The molecule has 1 atom stereocenters. The Hall–Kier alpha value is -0.620. The van der Waals surface area contributed by atoms with Crippen LogP contribution in [-0.4, -0.2) is 45.0 Å². The molecule has 1 aliphatic carbocycles. The van der Waals surface area contributed by atoms with Crippen molar-refractivity contribution in [3.05, 3.63) is 0 Å². The van der Waals surface area contributed by atoms with E-state index >= 15 is 0 Å². The molecule has 5 nitrogen and oxygen atoms in total. The SMILES string of the molecule is CCCC1(CNC(=O)CC2CS(=O)(=O)CCN2)CC1. The molecule has 6 heteroatoms. The van der Waals surface area contributed by atoms with Gasteiger partial charge in [-0.05, 0) is 24.7 Å². The molecule has 1 amide bonds. The highest BCUT2D eigenvalue weighted by Gasteiger charge is 2.41. The monoisotopic (exact) mass is 288 g/mol. The summed E-state index contributed by atoms with van der Waals surface area (Å²) in [6, 6.07) is -0.222. The van der Waals surface area contributed by atoms with Crippen molar-refractivity contribution in [1.82, 2.24) is 10.6 Å². The average molecular weight is 288 g/mol. The molecule has 2 aliphatic rings. The minimum atomic E-state index is -2.96. The summed E-state index contributed by atoms with van der Waals surface area (Å²) >= 11 is 0. The van der Waals surface area contributed by atoms with Crippen molar-refractivity contribution in [3.63, 3.8) is 0 Å². The van der Waals surface area contributed by atoms with Gasteiger partial charge in [0.15, 0.2) is 9.84 Å². The molecule has 1 aliphatic heterocycles. The minimum absolute atomic E-state index is 0.0306. The second-order valence-electron chi connectivity index (χ2n) is 6.00. The lowest BCUT2D eigenvalue weighted by atomic mass is 10.0. The lowest BCUT2D eigenvalue weighted by Crippen LogP contribution is -2.47. The van der Waals surface area contributed by atoms with Gasteiger partial charge in [-0.15, -0.1) is 0 Å². The predicted molar refractivity (Wildman–Crippen MR) is 74.6 cm³/mol. The number of sulfone groups is 1. The van der Waals surface area contributed by atoms with Crippen molar-refractivity contribution < 1.29 is 13.2 Å². The highest BCUT2D eigenvalue weighted by Crippen LogP contribution is 2.48. The van der Waals surface area contributed by atoms with Gasteiger partial charge in [-0.1, -0.05) is 13.3 Å². The first kappa shape index (κ1) is 14.8. The van der Waals surface area contributed by atoms with Gasteiger partial charge in [-0.3, -0.25) is 4.79 Å². The molecule has 110 valence electrons. The highest BCUT2D eigenvalue weighted by atomic mass is 32.2. The van der Waals surface area contributed by atoms with Crippen LogP contribution in [0.4, 0.5) is 0 Å². The molecule has 2 rings (SSSR count). The van der Waals surface area contributed by atoms with Crippen molar-refractivity contribution >= 4 is 15.7 Å². The molecule has 0 bridgehead atoms. The number of nitrogens with one attached hydrogen (secondary N) is 2. The van der Waals surface area contributed by atoms with Crippen molar-refractivity contribution in [2.24, 2.45) is 5.41 Å². The molecule has 0 aromatic rings. The van der Waals surface area contributed by atoms with E-state index in [0.29, 0.717) is 12.0 Å². The molecule has 1 heterocycles. The van der Waals surface area contributed by atoms with Gasteiger partial charge in [0.2, 0.25) is 5.91 Å². The van der Waals surface area contributed by atoms with Crippen LogP contribution in [0, 0.1) is 5.41 Å². The molecule has 1 saturated carbocycles. The number of amides is 1. The molecule has 2 fully saturated rings. The van der Waals surface area contributed by atoms with Crippen LogP contribution in [-0.2, 0) is 14.6 Å². The summed E-state index contributed by atoms with van der Waals surface area (Å²) < 4.78 is 23.0. The number of carbonyl (C=O) groups is 1. The van der Waals surface area contributed by atoms with E-state index in [1.54, 1.807) is 0 Å². The van der Waals surface area contributed by atoms with Gasteiger partial charge >= 0.3 is 0 Å². The number of hydrogen-bond acceptors (Lipinski definition) is 4. The lowest BCUT2D eigenvalue weighted by Gasteiger charge is -2.23. The Morgan fingerprint density at radius 2 is 2.16 bits per heavy atom. The molecular formula is C13H24N2O3S. The molecule has 0 aromatic heterocycles. The van der Waals surface area contributed by atoms with Gasteiger partial charge in [0.1, 0.15) is 0 Å². The highest BCUT2D eigenvalue weighted by molar-refractivity contribution is 7.91. The standard InChI is InChI=1S/C13H24N2O3S/c1-2-3-13(4-5-13)10-15-12(16)8-11-9-19(17,18)7-6-14-11/h11,14H,2-10H2,1H3,(H,15,16). The van der Waals surface area contributed by atoms with E-state index in [1.807, 2.05) is 0 Å². The van der Waals surface area contributed by atoms with Crippen molar-refractivity contribution in [1.29, 1.82) is 0 Å². The first-order chi connectivity index (χ1) is 8.95. The first-order valence-corrected chi connectivity index (χ1v) is 8.97. The van der Waals surface area contributed by atoms with Crippen molar-refractivity contribution in [2.45, 2.75) is 45.1 Å². The smallest absolute Gasteiger partial charge is 0.221 e. The third kappa shape index (κ3) is 4.45. The number of rotatable bonds is 6. The number of carbonyl (C=O) groups excluding carboxylic acids is 1. The fraction of sp³-hybridized carbons (Fsp3) is 0.923. The molecule has 1 saturated heterocycles. The van der Waals surface area contributed by atoms with E-state index in [-0.39, 0.29) is 29.9 Å². The minimum Gasteiger partial charge on any atom is -0.355 e. The Morgan fingerprint density at radius 3 is 2.74 bits per heavy atom. The average Bonchev–Trinajstić information content (AvgIpc) is 3.06. The van der Waals surface area contributed by atoms with Crippen molar-refractivity contribution in [2.75, 3.05) is 24.6 Å². The first-order valence-electron chi connectivity index (χ1n) is 7.15. The Morgan fingerprint density at radius 1 is 1.42 bits per heavy atom. The van der Waals surface area contributed by atoms with Gasteiger partial charge in [0.25, 0.3) is 0 Å². The van der Waals surface area contributed by atoms with Gasteiger partial charge in [-0.2, -0.15) is 0 Å². The molecular weight excluding hydrogens is 264 g/mol. The summed E-state index contributed by atoms with van der Waals surface area (Å²) in [5.41, 5.74) is 0.344. The molecule has 19 heavy (non-hydrogen) atoms. The van der Waals surface area contributed by atoms with E-state index in [9.17, 15) is 13.2 Å². The fourth-order valence-electron chi connectivity index (χ4n) is 2.80. The maximum Gasteiger partial charge on any atom is 0.221 e. The van der Waals surface area contributed by atoms with Crippen LogP contribution < -0.4 is 10.6 Å². The maximum atomic E-state index is 11.9. The van der Waals surface area contributed by atoms with Crippen LogP contribution in [0.25, 0.3) is 0 Å². The Balaban J connectivity index is 1.72. The van der Waals surface area contributed by atoms with E-state index in [1.165, 1.54) is 19.3 Å². The fourth-order valence-corrected chi connectivity index (χ4v) is 4.25. The number of hydrogen-bond donors (Lipinski definition) is 2. The quantitative estimate of drug-likeness (QED) is 0.744. The summed E-state index contributed by atoms with van der Waals surface area (Å²) in [4.78, 5) is 11.9. The van der Waals surface area contributed by atoms with Crippen LogP contribution in [0.1, 0.15) is 39.0 Å². The van der Waals surface area contributed by atoms with Crippen LogP contribution in [0.2, 0.25) is 0 Å². The molecule has 0 radical (unpaired) electrons. The van der Waals surface area contributed by atoms with Crippen LogP contribution in [0.3, 0.4) is 0 Å².